The van der Waals surface area contributed by atoms with Gasteiger partial charge in [-0.15, -0.1) is 0 Å². The van der Waals surface area contributed by atoms with Gasteiger partial charge in [-0.1, -0.05) is 0 Å². The summed E-state index contributed by atoms with van der Waals surface area (Å²) >= 11 is 3.35. The molecule has 0 spiro atoms. The number of halogens is 1. The largest absolute Gasteiger partial charge is 0.441 e. The molecule has 0 aliphatic rings. The predicted octanol–water partition coefficient (Wildman–Crippen LogP) is 1.33. The van der Waals surface area contributed by atoms with E-state index in [9.17, 15) is 0 Å². The van der Waals surface area contributed by atoms with Crippen LogP contribution in [0.15, 0.2) is 21.5 Å². The molecule has 0 saturated heterocycles. The molecule has 6 heteroatoms. The summed E-state index contributed by atoms with van der Waals surface area (Å²) < 4.78 is 7.67. The third-order valence-electron chi connectivity index (χ3n) is 1.90. The van der Waals surface area contributed by atoms with Gasteiger partial charge in [0.1, 0.15) is 11.4 Å². The van der Waals surface area contributed by atoms with Gasteiger partial charge in [0, 0.05) is 7.05 Å². The molecule has 2 heterocycles. The molecule has 2 aromatic rings. The highest BCUT2D eigenvalue weighted by molar-refractivity contribution is 9.10. The van der Waals surface area contributed by atoms with Crippen LogP contribution < -0.4 is 0 Å². The molecule has 5 nitrogen and oxygen atoms in total. The van der Waals surface area contributed by atoms with Crippen LogP contribution in [0.1, 0.15) is 5.69 Å². The fourth-order valence-corrected chi connectivity index (χ4v) is 1.77. The van der Waals surface area contributed by atoms with E-state index in [4.69, 9.17) is 9.52 Å². The van der Waals surface area contributed by atoms with E-state index in [0.29, 0.717) is 11.5 Å². The average molecular weight is 258 g/mol. The van der Waals surface area contributed by atoms with Crippen LogP contribution >= 0.6 is 15.9 Å². The fourth-order valence-electron chi connectivity index (χ4n) is 1.24. The van der Waals surface area contributed by atoms with Crippen molar-refractivity contribution in [3.8, 4) is 11.5 Å². The van der Waals surface area contributed by atoms with Crippen LogP contribution in [0.4, 0.5) is 0 Å². The zero-order valence-electron chi connectivity index (χ0n) is 7.44. The van der Waals surface area contributed by atoms with Crippen molar-refractivity contribution in [1.82, 2.24) is 14.8 Å². The lowest BCUT2D eigenvalue weighted by Crippen LogP contribution is -1.95. The zero-order chi connectivity index (χ0) is 10.1. The Bertz CT molecular complexity index is 430. The van der Waals surface area contributed by atoms with Crippen LogP contribution in [-0.4, -0.2) is 19.9 Å². The number of nitrogens with zero attached hydrogens (tertiary/aromatic N) is 3. The summed E-state index contributed by atoms with van der Waals surface area (Å²) in [7, 11) is 1.80. The van der Waals surface area contributed by atoms with E-state index < -0.39 is 0 Å². The van der Waals surface area contributed by atoms with Crippen molar-refractivity contribution in [2.24, 2.45) is 7.05 Å². The molecule has 0 aliphatic carbocycles. The average Bonchev–Trinajstić information content (AvgIpc) is 2.73. The van der Waals surface area contributed by atoms with E-state index in [1.54, 1.807) is 17.9 Å². The molecular formula is C8H8BrN3O2. The van der Waals surface area contributed by atoms with Crippen LogP contribution in [0.5, 0.6) is 0 Å². The maximum atomic E-state index is 9.02. The van der Waals surface area contributed by atoms with Gasteiger partial charge < -0.3 is 9.52 Å². The smallest absolute Gasteiger partial charge is 0.181 e. The van der Waals surface area contributed by atoms with Gasteiger partial charge in [0.25, 0.3) is 0 Å². The highest BCUT2D eigenvalue weighted by Gasteiger charge is 2.16. The standard InChI is InChI=1S/C8H8BrN3O2/c1-12-7(5(9)2-11-12)8-6(3-13)10-4-14-8/h2,4,13H,3H2,1H3. The minimum atomic E-state index is -0.149. The Morgan fingerprint density at radius 1 is 1.64 bits per heavy atom. The topological polar surface area (TPSA) is 64.1 Å². The number of aliphatic hydroxyl groups excluding tert-OH is 1. The Hall–Kier alpha value is -1.14. The molecule has 0 fully saturated rings. The summed E-state index contributed by atoms with van der Waals surface area (Å²) in [5.74, 6) is 0.541. The van der Waals surface area contributed by atoms with Crippen molar-refractivity contribution in [2.75, 3.05) is 0 Å². The monoisotopic (exact) mass is 257 g/mol. The van der Waals surface area contributed by atoms with Crippen molar-refractivity contribution in [3.05, 3.63) is 22.8 Å². The molecule has 0 aromatic carbocycles. The molecule has 0 aliphatic heterocycles. The molecule has 14 heavy (non-hydrogen) atoms. The van der Waals surface area contributed by atoms with Crippen LogP contribution in [0, 0.1) is 0 Å². The molecule has 0 radical (unpaired) electrons. The number of hydrogen-bond donors (Lipinski definition) is 1. The quantitative estimate of drug-likeness (QED) is 0.882. The number of hydrogen-bond acceptors (Lipinski definition) is 4. The molecule has 74 valence electrons. The number of aromatic nitrogens is 3. The van der Waals surface area contributed by atoms with E-state index in [0.717, 1.165) is 10.2 Å². The molecule has 2 aromatic heterocycles. The van der Waals surface area contributed by atoms with Crippen LogP contribution in [0.25, 0.3) is 11.5 Å². The van der Waals surface area contributed by atoms with Crippen molar-refractivity contribution in [2.45, 2.75) is 6.61 Å². The zero-order valence-corrected chi connectivity index (χ0v) is 9.02. The van der Waals surface area contributed by atoms with Gasteiger partial charge in [0.2, 0.25) is 0 Å². The molecule has 1 N–H and O–H groups in total. The van der Waals surface area contributed by atoms with Crippen molar-refractivity contribution >= 4 is 15.9 Å². The van der Waals surface area contributed by atoms with Crippen molar-refractivity contribution in [3.63, 3.8) is 0 Å². The summed E-state index contributed by atoms with van der Waals surface area (Å²) in [6, 6.07) is 0. The number of aryl methyl sites for hydroxylation is 1. The van der Waals surface area contributed by atoms with Crippen LogP contribution in [-0.2, 0) is 13.7 Å². The fraction of sp³-hybridized carbons (Fsp3) is 0.250. The summed E-state index contributed by atoms with van der Waals surface area (Å²) in [5.41, 5.74) is 1.28. The maximum absolute atomic E-state index is 9.02. The molecule has 0 saturated carbocycles. The first kappa shape index (κ1) is 9.42. The normalized spacial score (nSPS) is 10.8. The second-order valence-electron chi connectivity index (χ2n) is 2.75. The van der Waals surface area contributed by atoms with E-state index in [1.165, 1.54) is 6.39 Å². The third kappa shape index (κ3) is 1.36. The summed E-state index contributed by atoms with van der Waals surface area (Å²) in [4.78, 5) is 3.89. The summed E-state index contributed by atoms with van der Waals surface area (Å²) in [6.45, 7) is -0.149. The first-order valence-corrected chi connectivity index (χ1v) is 4.74. The first-order chi connectivity index (χ1) is 6.74. The lowest BCUT2D eigenvalue weighted by atomic mass is 10.3. The Labute approximate surface area is 88.5 Å². The summed E-state index contributed by atoms with van der Waals surface area (Å²) in [5, 5.41) is 13.1. The van der Waals surface area contributed by atoms with Crippen molar-refractivity contribution in [1.29, 1.82) is 0 Å². The highest BCUT2D eigenvalue weighted by atomic mass is 79.9. The highest BCUT2D eigenvalue weighted by Crippen LogP contribution is 2.29. The van der Waals surface area contributed by atoms with Gasteiger partial charge in [0.15, 0.2) is 12.2 Å². The molecule has 0 atom stereocenters. The molecular weight excluding hydrogens is 250 g/mol. The maximum Gasteiger partial charge on any atom is 0.181 e. The van der Waals surface area contributed by atoms with E-state index in [-0.39, 0.29) is 6.61 Å². The third-order valence-corrected chi connectivity index (χ3v) is 2.48. The molecule has 0 amide bonds. The second-order valence-corrected chi connectivity index (χ2v) is 3.61. The van der Waals surface area contributed by atoms with Crippen LogP contribution in [0.3, 0.4) is 0 Å². The Morgan fingerprint density at radius 3 is 3.00 bits per heavy atom. The van der Waals surface area contributed by atoms with E-state index in [2.05, 4.69) is 26.0 Å². The Balaban J connectivity index is 2.59. The minimum absolute atomic E-state index is 0.149. The van der Waals surface area contributed by atoms with Gasteiger partial charge >= 0.3 is 0 Å². The Kier molecular flexibility index (Phi) is 2.39. The predicted molar refractivity (Wildman–Crippen MR) is 52.3 cm³/mol. The van der Waals surface area contributed by atoms with Gasteiger partial charge in [-0.3, -0.25) is 4.68 Å². The lowest BCUT2D eigenvalue weighted by molar-refractivity contribution is 0.277. The van der Waals surface area contributed by atoms with Gasteiger partial charge in [-0.05, 0) is 15.9 Å². The van der Waals surface area contributed by atoms with E-state index in [1.807, 2.05) is 0 Å². The SMILES string of the molecule is Cn1ncc(Br)c1-c1ocnc1CO. The van der Waals surface area contributed by atoms with Crippen molar-refractivity contribution < 1.29 is 9.52 Å². The summed E-state index contributed by atoms with van der Waals surface area (Å²) in [6.07, 6.45) is 2.97. The van der Waals surface area contributed by atoms with Gasteiger partial charge in [-0.2, -0.15) is 5.10 Å². The number of aliphatic hydroxyl groups is 1. The lowest BCUT2D eigenvalue weighted by Gasteiger charge is -1.99. The molecule has 2 rings (SSSR count). The molecule has 0 bridgehead atoms. The van der Waals surface area contributed by atoms with Gasteiger partial charge in [-0.25, -0.2) is 4.98 Å². The molecule has 0 unspecified atom stereocenters. The van der Waals surface area contributed by atoms with Gasteiger partial charge in [0.05, 0.1) is 17.3 Å². The van der Waals surface area contributed by atoms with Crippen LogP contribution in [0.2, 0.25) is 0 Å². The second kappa shape index (κ2) is 3.55. The first-order valence-electron chi connectivity index (χ1n) is 3.95. The Morgan fingerprint density at radius 2 is 2.43 bits per heavy atom. The minimum Gasteiger partial charge on any atom is -0.441 e. The number of rotatable bonds is 2. The number of oxazole rings is 1. The van der Waals surface area contributed by atoms with E-state index >= 15 is 0 Å².